The second-order valence-corrected chi connectivity index (χ2v) is 4.68. The Labute approximate surface area is 111 Å². The summed E-state index contributed by atoms with van der Waals surface area (Å²) in [5, 5.41) is 9.02. The molecule has 1 rings (SSSR count). The van der Waals surface area contributed by atoms with E-state index in [0.717, 1.165) is 0 Å². The zero-order valence-electron chi connectivity index (χ0n) is 11.0. The summed E-state index contributed by atoms with van der Waals surface area (Å²) in [6, 6.07) is 1.35. The molecule has 1 aromatic rings. The van der Waals surface area contributed by atoms with Crippen LogP contribution in [0.25, 0.3) is 0 Å². The van der Waals surface area contributed by atoms with Crippen molar-refractivity contribution in [3.63, 3.8) is 0 Å². The number of hydrogen-bond donors (Lipinski definition) is 3. The van der Waals surface area contributed by atoms with Crippen molar-refractivity contribution in [3.05, 3.63) is 17.8 Å². The number of nitrogens with zero attached hydrogens (tertiary/aromatic N) is 2. The summed E-state index contributed by atoms with van der Waals surface area (Å²) in [5.74, 6) is -0.994. The van der Waals surface area contributed by atoms with Crippen molar-refractivity contribution in [1.82, 2.24) is 4.98 Å². The molecule has 0 aliphatic carbocycles. The molecule has 0 saturated carbocycles. The number of carbonyl (C=O) groups excluding carboxylic acids is 1. The Bertz CT molecular complexity index is 488. The van der Waals surface area contributed by atoms with Crippen LogP contribution in [0.2, 0.25) is 0 Å². The molecule has 0 aliphatic heterocycles. The van der Waals surface area contributed by atoms with Crippen LogP contribution in [0.1, 0.15) is 24.2 Å². The molecule has 0 fully saturated rings. The Morgan fingerprint density at radius 2 is 2.11 bits per heavy atom. The highest BCUT2D eigenvalue weighted by Gasteiger charge is 2.16. The van der Waals surface area contributed by atoms with E-state index >= 15 is 0 Å². The Morgan fingerprint density at radius 3 is 2.58 bits per heavy atom. The third kappa shape index (κ3) is 4.13. The summed E-state index contributed by atoms with van der Waals surface area (Å²) in [5.41, 5.74) is 10.8. The number of hydrogen-bond acceptors (Lipinski definition) is 5. The molecule has 1 aromatic heterocycles. The van der Waals surface area contributed by atoms with Crippen molar-refractivity contribution >= 4 is 23.4 Å². The molecular formula is C12H18N4O3. The molecule has 5 N–H and O–H groups in total. The summed E-state index contributed by atoms with van der Waals surface area (Å²) in [6.45, 7) is 4.47. The van der Waals surface area contributed by atoms with Crippen molar-refractivity contribution in [2.45, 2.75) is 13.8 Å². The lowest BCUT2D eigenvalue weighted by atomic mass is 10.2. The van der Waals surface area contributed by atoms with Gasteiger partial charge in [0.25, 0.3) is 0 Å². The molecule has 0 saturated heterocycles. The molecule has 0 aliphatic rings. The van der Waals surface area contributed by atoms with E-state index in [1.54, 1.807) is 4.90 Å². The lowest BCUT2D eigenvalue weighted by Crippen LogP contribution is -2.37. The first kappa shape index (κ1) is 14.7. The maximum Gasteiger partial charge on any atom is 0.337 e. The van der Waals surface area contributed by atoms with E-state index in [4.69, 9.17) is 16.6 Å². The van der Waals surface area contributed by atoms with Gasteiger partial charge in [-0.2, -0.15) is 0 Å². The van der Waals surface area contributed by atoms with Crippen LogP contribution in [0.5, 0.6) is 0 Å². The van der Waals surface area contributed by atoms with Gasteiger partial charge in [0.05, 0.1) is 24.0 Å². The van der Waals surface area contributed by atoms with E-state index < -0.39 is 11.9 Å². The molecule has 0 spiro atoms. The van der Waals surface area contributed by atoms with E-state index in [0.29, 0.717) is 12.4 Å². The van der Waals surface area contributed by atoms with Crippen LogP contribution in [-0.2, 0) is 4.79 Å². The van der Waals surface area contributed by atoms with Gasteiger partial charge < -0.3 is 21.5 Å². The average Bonchev–Trinajstić information content (AvgIpc) is 2.27. The predicted molar refractivity (Wildman–Crippen MR) is 71.9 cm³/mol. The van der Waals surface area contributed by atoms with Crippen LogP contribution in [-0.4, -0.2) is 35.1 Å². The minimum absolute atomic E-state index is 0.0197. The number of rotatable bonds is 6. The zero-order chi connectivity index (χ0) is 14.6. The summed E-state index contributed by atoms with van der Waals surface area (Å²) < 4.78 is 0. The quantitative estimate of drug-likeness (QED) is 0.681. The number of nitrogens with two attached hydrogens (primary N) is 2. The summed E-state index contributed by atoms with van der Waals surface area (Å²) in [4.78, 5) is 27.8. The maximum absolute atomic E-state index is 11.1. The van der Waals surface area contributed by atoms with E-state index in [1.165, 1.54) is 12.3 Å². The van der Waals surface area contributed by atoms with Gasteiger partial charge in [-0.25, -0.2) is 9.78 Å². The van der Waals surface area contributed by atoms with Gasteiger partial charge in [-0.05, 0) is 12.0 Å². The van der Waals surface area contributed by atoms with Crippen LogP contribution in [0.15, 0.2) is 12.3 Å². The number of nitrogen functional groups attached to an aromatic ring is 1. The normalized spacial score (nSPS) is 10.5. The maximum atomic E-state index is 11.1. The van der Waals surface area contributed by atoms with Gasteiger partial charge in [-0.15, -0.1) is 0 Å². The lowest BCUT2D eigenvalue weighted by Gasteiger charge is -2.24. The number of aromatic carboxylic acids is 1. The van der Waals surface area contributed by atoms with Crippen molar-refractivity contribution in [3.8, 4) is 0 Å². The fourth-order valence-corrected chi connectivity index (χ4v) is 1.68. The molecule has 19 heavy (non-hydrogen) atoms. The molecule has 0 atom stereocenters. The first-order valence-corrected chi connectivity index (χ1v) is 5.83. The van der Waals surface area contributed by atoms with Crippen LogP contribution in [0, 0.1) is 5.92 Å². The highest BCUT2D eigenvalue weighted by atomic mass is 16.4. The van der Waals surface area contributed by atoms with Crippen molar-refractivity contribution in [1.29, 1.82) is 0 Å². The van der Waals surface area contributed by atoms with Crippen molar-refractivity contribution in [2.75, 3.05) is 23.7 Å². The first-order valence-electron chi connectivity index (χ1n) is 5.83. The van der Waals surface area contributed by atoms with E-state index in [9.17, 15) is 9.59 Å². The van der Waals surface area contributed by atoms with Gasteiger partial charge in [-0.3, -0.25) is 4.79 Å². The number of pyridine rings is 1. The van der Waals surface area contributed by atoms with Gasteiger partial charge in [-0.1, -0.05) is 13.8 Å². The predicted octanol–water partition coefficient (Wildman–Crippen LogP) is 0.310. The monoisotopic (exact) mass is 266 g/mol. The van der Waals surface area contributed by atoms with E-state index in [2.05, 4.69) is 4.98 Å². The van der Waals surface area contributed by atoms with Crippen LogP contribution >= 0.6 is 0 Å². The topological polar surface area (TPSA) is 123 Å². The van der Waals surface area contributed by atoms with Gasteiger partial charge in [0.2, 0.25) is 5.91 Å². The highest BCUT2D eigenvalue weighted by Crippen LogP contribution is 2.19. The molecule has 1 heterocycles. The van der Waals surface area contributed by atoms with Gasteiger partial charge in [0.15, 0.2) is 0 Å². The van der Waals surface area contributed by atoms with Crippen LogP contribution in [0.3, 0.4) is 0 Å². The number of anilines is 2. The van der Waals surface area contributed by atoms with E-state index in [1.807, 2.05) is 13.8 Å². The van der Waals surface area contributed by atoms with Gasteiger partial charge in [0, 0.05) is 6.54 Å². The Balaban J connectivity index is 3.11. The third-order valence-corrected chi connectivity index (χ3v) is 2.41. The van der Waals surface area contributed by atoms with Crippen molar-refractivity contribution in [2.24, 2.45) is 11.7 Å². The first-order chi connectivity index (χ1) is 8.81. The Morgan fingerprint density at radius 1 is 1.47 bits per heavy atom. The minimum atomic E-state index is -1.13. The SMILES string of the molecule is CC(C)CN(CC(N)=O)c1cc(C(=O)O)c(N)cn1. The number of primary amides is 1. The molecule has 0 bridgehead atoms. The van der Waals surface area contributed by atoms with E-state index in [-0.39, 0.29) is 23.7 Å². The summed E-state index contributed by atoms with van der Waals surface area (Å²) in [7, 11) is 0. The minimum Gasteiger partial charge on any atom is -0.478 e. The molecule has 0 aromatic carbocycles. The second kappa shape index (κ2) is 6.03. The fourth-order valence-electron chi connectivity index (χ4n) is 1.68. The molecule has 7 nitrogen and oxygen atoms in total. The number of carboxylic acids is 1. The molecule has 7 heteroatoms. The van der Waals surface area contributed by atoms with Gasteiger partial charge in [0.1, 0.15) is 5.82 Å². The van der Waals surface area contributed by atoms with Gasteiger partial charge >= 0.3 is 5.97 Å². The Kier molecular flexibility index (Phi) is 4.68. The highest BCUT2D eigenvalue weighted by molar-refractivity contribution is 5.94. The Hall–Kier alpha value is -2.31. The molecule has 0 unspecified atom stereocenters. The zero-order valence-corrected chi connectivity index (χ0v) is 11.0. The third-order valence-electron chi connectivity index (χ3n) is 2.41. The smallest absolute Gasteiger partial charge is 0.337 e. The lowest BCUT2D eigenvalue weighted by molar-refractivity contribution is -0.116. The number of amides is 1. The van der Waals surface area contributed by atoms with Crippen LogP contribution in [0.4, 0.5) is 11.5 Å². The van der Waals surface area contributed by atoms with Crippen LogP contribution < -0.4 is 16.4 Å². The largest absolute Gasteiger partial charge is 0.478 e. The molecule has 0 radical (unpaired) electrons. The molecular weight excluding hydrogens is 248 g/mol. The summed E-state index contributed by atoms with van der Waals surface area (Å²) >= 11 is 0. The number of carboxylic acid groups (broad SMARTS) is 1. The molecule has 104 valence electrons. The van der Waals surface area contributed by atoms with Crippen molar-refractivity contribution < 1.29 is 14.7 Å². The fraction of sp³-hybridized carbons (Fsp3) is 0.417. The molecule has 1 amide bonds. The second-order valence-electron chi connectivity index (χ2n) is 4.68. The standard InChI is InChI=1S/C12H18N4O3/c1-7(2)5-16(6-10(14)17)11-3-8(12(18)19)9(13)4-15-11/h3-4,7H,5-6,13H2,1-2H3,(H2,14,17)(H,18,19). The number of carbonyl (C=O) groups is 2. The number of aromatic nitrogens is 1. The summed E-state index contributed by atoms with van der Waals surface area (Å²) in [6.07, 6.45) is 1.27. The average molecular weight is 266 g/mol.